The smallest absolute Gasteiger partial charge is 0.142 e. The zero-order valence-electron chi connectivity index (χ0n) is 14.5. The van der Waals surface area contributed by atoms with Gasteiger partial charge < -0.3 is 5.11 Å². The zero-order valence-corrected chi connectivity index (χ0v) is 16.2. The van der Waals surface area contributed by atoms with Crippen LogP contribution < -0.4 is 0 Å². The molecular weight excluding hydrogens is 296 g/mol. The molecule has 1 N–H and O–H groups in total. The van der Waals surface area contributed by atoms with Gasteiger partial charge in [0.2, 0.25) is 0 Å². The predicted octanol–water partition coefficient (Wildman–Crippen LogP) is 6.33. The van der Waals surface area contributed by atoms with Crippen LogP contribution in [0.5, 0.6) is 5.75 Å². The van der Waals surface area contributed by atoms with Crippen LogP contribution in [0.1, 0.15) is 60.5 Å². The second-order valence-corrected chi connectivity index (χ2v) is 9.92. The van der Waals surface area contributed by atoms with Crippen LogP contribution in [0.4, 0.5) is 0 Å². The van der Waals surface area contributed by atoms with Crippen molar-refractivity contribution in [2.24, 2.45) is 5.41 Å². The summed E-state index contributed by atoms with van der Waals surface area (Å²) in [5.41, 5.74) is 1.73. The van der Waals surface area contributed by atoms with E-state index in [2.05, 4.69) is 60.6 Å². The van der Waals surface area contributed by atoms with Crippen molar-refractivity contribution >= 4 is 23.5 Å². The number of phenolic OH excluding ortho intramolecular Hbond substituents is 1. The molecule has 0 unspecified atom stereocenters. The van der Waals surface area contributed by atoms with Crippen LogP contribution >= 0.6 is 23.5 Å². The lowest BCUT2D eigenvalue weighted by atomic mass is 9.72. The molecule has 120 valence electrons. The second kappa shape index (κ2) is 7.32. The van der Waals surface area contributed by atoms with Crippen LogP contribution in [0.2, 0.25) is 0 Å². The molecule has 0 aliphatic heterocycles. The van der Waals surface area contributed by atoms with Gasteiger partial charge in [0.25, 0.3) is 0 Å². The third kappa shape index (κ3) is 5.45. The van der Waals surface area contributed by atoms with E-state index in [-0.39, 0.29) is 10.8 Å². The van der Waals surface area contributed by atoms with Gasteiger partial charge in [0.15, 0.2) is 0 Å². The predicted molar refractivity (Wildman–Crippen MR) is 98.0 cm³/mol. The molecule has 0 aliphatic carbocycles. The number of rotatable bonds is 6. The summed E-state index contributed by atoms with van der Waals surface area (Å²) in [7, 11) is 0. The molecule has 0 spiro atoms. The third-order valence-corrected chi connectivity index (χ3v) is 5.22. The minimum atomic E-state index is 0.109. The molecule has 1 rings (SSSR count). The SMILES string of the molecule is CCSc1cc(C(C)(C)CC(C)(C)C)cc(SCC)c1O. The number of hydrogen-bond acceptors (Lipinski definition) is 3. The Bertz CT molecular complexity index is 446. The van der Waals surface area contributed by atoms with Crippen molar-refractivity contribution in [1.29, 1.82) is 0 Å². The summed E-state index contributed by atoms with van der Waals surface area (Å²) in [6.07, 6.45) is 1.12. The minimum absolute atomic E-state index is 0.109. The van der Waals surface area contributed by atoms with Gasteiger partial charge in [0, 0.05) is 0 Å². The third-order valence-electron chi connectivity index (χ3n) is 3.39. The second-order valence-electron chi connectivity index (χ2n) is 7.31. The van der Waals surface area contributed by atoms with E-state index in [1.807, 2.05) is 0 Å². The van der Waals surface area contributed by atoms with Crippen LogP contribution in [0.3, 0.4) is 0 Å². The summed E-state index contributed by atoms with van der Waals surface area (Å²) in [6, 6.07) is 4.38. The molecule has 0 aliphatic rings. The van der Waals surface area contributed by atoms with E-state index in [1.165, 1.54) is 5.56 Å². The molecule has 0 bridgehead atoms. The fraction of sp³-hybridized carbons (Fsp3) is 0.667. The molecule has 0 aromatic heterocycles. The minimum Gasteiger partial charge on any atom is -0.506 e. The molecule has 0 saturated heterocycles. The number of phenols is 1. The Morgan fingerprint density at radius 2 is 1.33 bits per heavy atom. The topological polar surface area (TPSA) is 20.2 Å². The number of aromatic hydroxyl groups is 1. The first-order chi connectivity index (χ1) is 9.60. The van der Waals surface area contributed by atoms with E-state index >= 15 is 0 Å². The monoisotopic (exact) mass is 326 g/mol. The summed E-state index contributed by atoms with van der Waals surface area (Å²) >= 11 is 3.45. The first-order valence-corrected chi connectivity index (χ1v) is 9.71. The van der Waals surface area contributed by atoms with Crippen molar-refractivity contribution in [2.45, 2.75) is 70.1 Å². The Hall–Kier alpha value is -0.280. The van der Waals surface area contributed by atoms with Crippen LogP contribution in [-0.4, -0.2) is 16.6 Å². The quantitative estimate of drug-likeness (QED) is 0.617. The summed E-state index contributed by atoms with van der Waals surface area (Å²) in [5.74, 6) is 2.42. The van der Waals surface area contributed by atoms with Gasteiger partial charge >= 0.3 is 0 Å². The Morgan fingerprint density at radius 1 is 0.905 bits per heavy atom. The van der Waals surface area contributed by atoms with Crippen molar-refractivity contribution in [3.8, 4) is 5.75 Å². The van der Waals surface area contributed by atoms with E-state index in [0.717, 1.165) is 27.7 Å². The van der Waals surface area contributed by atoms with Gasteiger partial charge in [0.1, 0.15) is 5.75 Å². The molecule has 0 heterocycles. The molecule has 21 heavy (non-hydrogen) atoms. The number of hydrogen-bond donors (Lipinski definition) is 1. The first kappa shape index (κ1) is 18.8. The number of benzene rings is 1. The Morgan fingerprint density at radius 3 is 1.67 bits per heavy atom. The molecule has 0 fully saturated rings. The molecule has 1 aromatic rings. The van der Waals surface area contributed by atoms with E-state index in [4.69, 9.17) is 0 Å². The fourth-order valence-electron chi connectivity index (χ4n) is 2.93. The fourth-order valence-corrected chi connectivity index (χ4v) is 4.53. The van der Waals surface area contributed by atoms with Crippen LogP contribution in [-0.2, 0) is 5.41 Å². The van der Waals surface area contributed by atoms with E-state index in [0.29, 0.717) is 5.75 Å². The highest BCUT2D eigenvalue weighted by Gasteiger charge is 2.28. The highest BCUT2D eigenvalue weighted by atomic mass is 32.2. The van der Waals surface area contributed by atoms with Crippen molar-refractivity contribution in [3.63, 3.8) is 0 Å². The van der Waals surface area contributed by atoms with Gasteiger partial charge in [-0.15, -0.1) is 23.5 Å². The maximum absolute atomic E-state index is 10.4. The van der Waals surface area contributed by atoms with E-state index in [9.17, 15) is 5.11 Å². The molecule has 1 nitrogen and oxygen atoms in total. The summed E-state index contributed by atoms with van der Waals surface area (Å²) in [4.78, 5) is 2.04. The highest BCUT2D eigenvalue weighted by molar-refractivity contribution is 8.00. The Balaban J connectivity index is 3.28. The lowest BCUT2D eigenvalue weighted by molar-refractivity contribution is 0.283. The highest BCUT2D eigenvalue weighted by Crippen LogP contribution is 2.43. The zero-order chi connectivity index (χ0) is 16.3. The molecule has 1 aromatic carbocycles. The van der Waals surface area contributed by atoms with Crippen molar-refractivity contribution in [1.82, 2.24) is 0 Å². The van der Waals surface area contributed by atoms with Gasteiger partial charge in [0.05, 0.1) is 9.79 Å². The van der Waals surface area contributed by atoms with Gasteiger partial charge in [-0.05, 0) is 46.5 Å². The standard InChI is InChI=1S/C18H30OS2/c1-8-20-14-10-13(11-15(16(14)19)21-9-2)18(6,7)12-17(3,4)5/h10-11,19H,8-9,12H2,1-7H3. The van der Waals surface area contributed by atoms with E-state index < -0.39 is 0 Å². The molecule has 0 radical (unpaired) electrons. The summed E-state index contributed by atoms with van der Waals surface area (Å²) in [6.45, 7) is 15.7. The van der Waals surface area contributed by atoms with Crippen LogP contribution in [0, 0.1) is 5.41 Å². The summed E-state index contributed by atoms with van der Waals surface area (Å²) in [5, 5.41) is 10.4. The van der Waals surface area contributed by atoms with Crippen molar-refractivity contribution in [3.05, 3.63) is 17.7 Å². The largest absolute Gasteiger partial charge is 0.506 e. The lowest BCUT2D eigenvalue weighted by Crippen LogP contribution is -2.25. The molecule has 3 heteroatoms. The van der Waals surface area contributed by atoms with Gasteiger partial charge in [-0.1, -0.05) is 48.5 Å². The molecular formula is C18H30OS2. The average Bonchev–Trinajstić information content (AvgIpc) is 2.31. The van der Waals surface area contributed by atoms with Gasteiger partial charge in [-0.3, -0.25) is 0 Å². The lowest BCUT2D eigenvalue weighted by Gasteiger charge is -2.33. The molecule has 0 atom stereocenters. The average molecular weight is 327 g/mol. The molecule has 0 amide bonds. The van der Waals surface area contributed by atoms with Gasteiger partial charge in [-0.2, -0.15) is 0 Å². The van der Waals surface area contributed by atoms with Gasteiger partial charge in [-0.25, -0.2) is 0 Å². The maximum Gasteiger partial charge on any atom is 0.142 e. The van der Waals surface area contributed by atoms with Crippen LogP contribution in [0.15, 0.2) is 21.9 Å². The molecule has 0 saturated carbocycles. The maximum atomic E-state index is 10.4. The van der Waals surface area contributed by atoms with E-state index in [1.54, 1.807) is 23.5 Å². The first-order valence-electron chi connectivity index (χ1n) is 7.74. The van der Waals surface area contributed by atoms with Crippen molar-refractivity contribution < 1.29 is 5.11 Å². The normalized spacial score (nSPS) is 12.7. The van der Waals surface area contributed by atoms with Crippen molar-refractivity contribution in [2.75, 3.05) is 11.5 Å². The number of thioether (sulfide) groups is 2. The Kier molecular flexibility index (Phi) is 6.54. The summed E-state index contributed by atoms with van der Waals surface area (Å²) < 4.78 is 0. The Labute approximate surface area is 139 Å². The van der Waals surface area contributed by atoms with Crippen LogP contribution in [0.25, 0.3) is 0 Å².